The summed E-state index contributed by atoms with van der Waals surface area (Å²) in [6.07, 6.45) is 3.24. The Morgan fingerprint density at radius 3 is 2.75 bits per heavy atom. The van der Waals surface area contributed by atoms with Crippen LogP contribution in [0.1, 0.15) is 26.3 Å². The molecule has 0 radical (unpaired) electrons. The maximum absolute atomic E-state index is 11.9. The molecule has 0 aliphatic heterocycles. The molecule has 5 heteroatoms. The number of rotatable bonds is 3. The van der Waals surface area contributed by atoms with Crippen LogP contribution in [0.4, 0.5) is 4.79 Å². The Morgan fingerprint density at radius 1 is 1.17 bits per heavy atom. The Balaban J connectivity index is 1.86. The molecule has 0 aliphatic rings. The highest BCUT2D eigenvalue weighted by Crippen LogP contribution is 2.29. The SMILES string of the molecule is CC(C)(C)OC(=O)NCc1ccccc1-c1ccnc2[nH]ccc12. The van der Waals surface area contributed by atoms with Crippen LogP contribution in [-0.4, -0.2) is 21.7 Å². The van der Waals surface area contributed by atoms with Crippen molar-refractivity contribution < 1.29 is 9.53 Å². The van der Waals surface area contributed by atoms with Gasteiger partial charge in [-0.25, -0.2) is 9.78 Å². The van der Waals surface area contributed by atoms with Crippen molar-refractivity contribution in [3.63, 3.8) is 0 Å². The molecule has 2 aromatic heterocycles. The van der Waals surface area contributed by atoms with E-state index in [9.17, 15) is 4.79 Å². The fraction of sp³-hybridized carbons (Fsp3) is 0.263. The first-order valence-electron chi connectivity index (χ1n) is 7.91. The van der Waals surface area contributed by atoms with E-state index in [0.717, 1.165) is 27.7 Å². The van der Waals surface area contributed by atoms with E-state index in [2.05, 4.69) is 15.3 Å². The van der Waals surface area contributed by atoms with Gasteiger partial charge in [0, 0.05) is 24.3 Å². The van der Waals surface area contributed by atoms with E-state index in [0.29, 0.717) is 6.54 Å². The van der Waals surface area contributed by atoms with Crippen molar-refractivity contribution >= 4 is 17.1 Å². The van der Waals surface area contributed by atoms with E-state index >= 15 is 0 Å². The van der Waals surface area contributed by atoms with Crippen LogP contribution < -0.4 is 5.32 Å². The van der Waals surface area contributed by atoms with Crippen LogP contribution in [0, 0.1) is 0 Å². The molecular formula is C19H21N3O2. The van der Waals surface area contributed by atoms with Gasteiger partial charge in [0.15, 0.2) is 0 Å². The molecule has 0 bridgehead atoms. The molecule has 0 unspecified atom stereocenters. The number of pyridine rings is 1. The molecule has 124 valence electrons. The van der Waals surface area contributed by atoms with Gasteiger partial charge in [0.25, 0.3) is 0 Å². The topological polar surface area (TPSA) is 67.0 Å². The van der Waals surface area contributed by atoms with Gasteiger partial charge in [-0.15, -0.1) is 0 Å². The molecule has 24 heavy (non-hydrogen) atoms. The van der Waals surface area contributed by atoms with Gasteiger partial charge >= 0.3 is 6.09 Å². The lowest BCUT2D eigenvalue weighted by Gasteiger charge is -2.20. The number of carbonyl (C=O) groups excluding carboxylic acids is 1. The normalized spacial score (nSPS) is 11.5. The zero-order valence-corrected chi connectivity index (χ0v) is 14.1. The molecule has 0 aliphatic carbocycles. The van der Waals surface area contributed by atoms with Gasteiger partial charge < -0.3 is 15.0 Å². The molecule has 1 aromatic carbocycles. The first-order valence-corrected chi connectivity index (χ1v) is 7.91. The number of fused-ring (bicyclic) bond motifs is 1. The van der Waals surface area contributed by atoms with Gasteiger partial charge in [0.1, 0.15) is 11.2 Å². The third kappa shape index (κ3) is 3.56. The van der Waals surface area contributed by atoms with Crippen LogP contribution in [0.2, 0.25) is 0 Å². The molecule has 5 nitrogen and oxygen atoms in total. The molecule has 3 aromatic rings. The Kier molecular flexibility index (Phi) is 4.25. The van der Waals surface area contributed by atoms with E-state index in [1.54, 1.807) is 6.20 Å². The average molecular weight is 323 g/mol. The summed E-state index contributed by atoms with van der Waals surface area (Å²) in [6.45, 7) is 5.94. The Bertz CT molecular complexity index is 862. The van der Waals surface area contributed by atoms with E-state index in [-0.39, 0.29) is 0 Å². The smallest absolute Gasteiger partial charge is 0.407 e. The fourth-order valence-electron chi connectivity index (χ4n) is 2.61. The van der Waals surface area contributed by atoms with Crippen molar-refractivity contribution in [1.29, 1.82) is 0 Å². The summed E-state index contributed by atoms with van der Waals surface area (Å²) in [6, 6.07) is 12.0. The number of amides is 1. The van der Waals surface area contributed by atoms with Crippen LogP contribution in [-0.2, 0) is 11.3 Å². The van der Waals surface area contributed by atoms with Crippen LogP contribution in [0.25, 0.3) is 22.2 Å². The minimum Gasteiger partial charge on any atom is -0.444 e. The minimum absolute atomic E-state index is 0.402. The van der Waals surface area contributed by atoms with Gasteiger partial charge in [0.2, 0.25) is 0 Å². The van der Waals surface area contributed by atoms with Gasteiger partial charge in [-0.2, -0.15) is 0 Å². The highest BCUT2D eigenvalue weighted by Gasteiger charge is 2.16. The number of nitrogens with one attached hydrogen (secondary N) is 2. The van der Waals surface area contributed by atoms with Crippen LogP contribution >= 0.6 is 0 Å². The number of ether oxygens (including phenoxy) is 1. The standard InChI is InChI=1S/C19H21N3O2/c1-19(2,3)24-18(23)22-12-13-6-4-5-7-14(13)15-8-10-20-17-16(15)9-11-21-17/h4-11H,12H2,1-3H3,(H,20,21)(H,22,23). The molecule has 0 saturated carbocycles. The molecule has 0 fully saturated rings. The first kappa shape index (κ1) is 16.1. The summed E-state index contributed by atoms with van der Waals surface area (Å²) in [5.74, 6) is 0. The molecule has 3 rings (SSSR count). The molecule has 1 amide bonds. The molecule has 0 saturated heterocycles. The predicted molar refractivity (Wildman–Crippen MR) is 94.6 cm³/mol. The highest BCUT2D eigenvalue weighted by atomic mass is 16.6. The number of nitrogens with zero attached hydrogens (tertiary/aromatic N) is 1. The lowest BCUT2D eigenvalue weighted by atomic mass is 9.98. The zero-order valence-electron chi connectivity index (χ0n) is 14.1. The van der Waals surface area contributed by atoms with Crippen LogP contribution in [0.5, 0.6) is 0 Å². The monoisotopic (exact) mass is 323 g/mol. The van der Waals surface area contributed by atoms with Crippen molar-refractivity contribution in [3.8, 4) is 11.1 Å². The van der Waals surface area contributed by atoms with Crippen LogP contribution in [0.3, 0.4) is 0 Å². The zero-order chi connectivity index (χ0) is 17.2. The summed E-state index contributed by atoms with van der Waals surface area (Å²) < 4.78 is 5.30. The summed E-state index contributed by atoms with van der Waals surface area (Å²) in [7, 11) is 0. The van der Waals surface area contributed by atoms with Gasteiger partial charge in [-0.3, -0.25) is 0 Å². The number of benzene rings is 1. The lowest BCUT2D eigenvalue weighted by Crippen LogP contribution is -2.32. The lowest BCUT2D eigenvalue weighted by molar-refractivity contribution is 0.0523. The van der Waals surface area contributed by atoms with Crippen molar-refractivity contribution in [3.05, 3.63) is 54.4 Å². The second kappa shape index (κ2) is 6.35. The third-order valence-corrected chi connectivity index (χ3v) is 3.59. The quantitative estimate of drug-likeness (QED) is 0.757. The summed E-state index contributed by atoms with van der Waals surface area (Å²) in [5, 5.41) is 3.88. The molecule has 2 N–H and O–H groups in total. The molecular weight excluding hydrogens is 302 g/mol. The minimum atomic E-state index is -0.508. The Labute approximate surface area is 141 Å². The summed E-state index contributed by atoms with van der Waals surface area (Å²) >= 11 is 0. The van der Waals surface area contributed by atoms with Gasteiger partial charge in [-0.05, 0) is 49.6 Å². The highest BCUT2D eigenvalue weighted by molar-refractivity contribution is 5.93. The van der Waals surface area contributed by atoms with Gasteiger partial charge in [-0.1, -0.05) is 24.3 Å². The van der Waals surface area contributed by atoms with E-state index in [1.165, 1.54) is 0 Å². The molecule has 0 spiro atoms. The average Bonchev–Trinajstić information content (AvgIpc) is 3.00. The number of aromatic nitrogens is 2. The number of carbonyl (C=O) groups is 1. The number of H-pyrrole nitrogens is 1. The van der Waals surface area contributed by atoms with Crippen molar-refractivity contribution in [2.75, 3.05) is 0 Å². The molecule has 0 atom stereocenters. The van der Waals surface area contributed by atoms with Crippen molar-refractivity contribution in [2.45, 2.75) is 32.9 Å². The fourth-order valence-corrected chi connectivity index (χ4v) is 2.61. The Hall–Kier alpha value is -2.82. The predicted octanol–water partition coefficient (Wildman–Crippen LogP) is 4.25. The number of alkyl carbamates (subject to hydrolysis) is 1. The van der Waals surface area contributed by atoms with Crippen molar-refractivity contribution in [2.24, 2.45) is 0 Å². The largest absolute Gasteiger partial charge is 0.444 e. The second-order valence-corrected chi connectivity index (χ2v) is 6.61. The van der Waals surface area contributed by atoms with Gasteiger partial charge in [0.05, 0.1) is 0 Å². The van der Waals surface area contributed by atoms with E-state index in [4.69, 9.17) is 4.74 Å². The summed E-state index contributed by atoms with van der Waals surface area (Å²) in [4.78, 5) is 19.4. The van der Waals surface area contributed by atoms with E-state index in [1.807, 2.05) is 63.4 Å². The van der Waals surface area contributed by atoms with E-state index < -0.39 is 11.7 Å². The first-order chi connectivity index (χ1) is 11.4. The number of hydrogen-bond donors (Lipinski definition) is 2. The third-order valence-electron chi connectivity index (χ3n) is 3.59. The van der Waals surface area contributed by atoms with Crippen molar-refractivity contribution in [1.82, 2.24) is 15.3 Å². The van der Waals surface area contributed by atoms with Crippen LogP contribution in [0.15, 0.2) is 48.8 Å². The Morgan fingerprint density at radius 2 is 1.96 bits per heavy atom. The molecule has 2 heterocycles. The number of hydrogen-bond acceptors (Lipinski definition) is 3. The number of aromatic amines is 1. The second-order valence-electron chi connectivity index (χ2n) is 6.61. The maximum atomic E-state index is 11.9. The maximum Gasteiger partial charge on any atom is 0.407 e. The summed E-state index contributed by atoms with van der Waals surface area (Å²) in [5.41, 5.74) is 3.52.